The molecule has 0 aromatic carbocycles. The van der Waals surface area contributed by atoms with Crippen molar-refractivity contribution in [3.63, 3.8) is 0 Å². The van der Waals surface area contributed by atoms with E-state index < -0.39 is 0 Å². The largest absolute Gasteiger partial charge is 0.469 e. The molecule has 0 aliphatic rings. The summed E-state index contributed by atoms with van der Waals surface area (Å²) in [6, 6.07) is 0. The third kappa shape index (κ3) is 25.0. The van der Waals surface area contributed by atoms with Crippen LogP contribution in [0, 0.1) is 0 Å². The van der Waals surface area contributed by atoms with Gasteiger partial charge in [0.1, 0.15) is 0 Å². The molecule has 0 saturated heterocycles. The van der Waals surface area contributed by atoms with Crippen molar-refractivity contribution >= 4 is 5.97 Å². The number of hydrogen-bond donors (Lipinski definition) is 0. The number of hydrogen-bond acceptors (Lipinski definition) is 2. The van der Waals surface area contributed by atoms with Crippen LogP contribution in [0.1, 0.15) is 142 Å². The van der Waals surface area contributed by atoms with Crippen LogP contribution in [0.2, 0.25) is 0 Å². The van der Waals surface area contributed by atoms with E-state index in [1.54, 1.807) is 0 Å². The van der Waals surface area contributed by atoms with Crippen molar-refractivity contribution in [1.29, 1.82) is 0 Å². The van der Waals surface area contributed by atoms with E-state index >= 15 is 0 Å². The van der Waals surface area contributed by atoms with Crippen LogP contribution in [0.15, 0.2) is 24.3 Å². The fourth-order valence-corrected chi connectivity index (χ4v) is 3.76. The number of ether oxygens (including phenoxy) is 1. The summed E-state index contributed by atoms with van der Waals surface area (Å²) < 4.78 is 4.63. The van der Waals surface area contributed by atoms with Gasteiger partial charge in [0.05, 0.1) is 7.11 Å². The minimum atomic E-state index is -0.106. The molecule has 0 bridgehead atoms. The van der Waals surface area contributed by atoms with Crippen LogP contribution in [-0.4, -0.2) is 13.1 Å². The summed E-state index contributed by atoms with van der Waals surface area (Å²) in [5.74, 6) is -0.106. The summed E-state index contributed by atoms with van der Waals surface area (Å²) in [6.07, 6.45) is 36.4. The Kier molecular flexibility index (Phi) is 25.1. The molecule has 0 unspecified atom stereocenters. The van der Waals surface area contributed by atoms with Crippen LogP contribution in [0.5, 0.6) is 0 Å². The van der Waals surface area contributed by atoms with Crippen molar-refractivity contribution in [1.82, 2.24) is 0 Å². The molecule has 0 aromatic heterocycles. The van der Waals surface area contributed by atoms with Gasteiger partial charge in [0.2, 0.25) is 0 Å². The normalized spacial score (nSPS) is 11.7. The molecule has 2 heteroatoms. The lowest BCUT2D eigenvalue weighted by Crippen LogP contribution is -1.98. The second-order valence-corrected chi connectivity index (χ2v) is 8.73. The molecule has 0 N–H and O–H groups in total. The number of esters is 1. The van der Waals surface area contributed by atoms with E-state index in [-0.39, 0.29) is 5.97 Å². The molecule has 0 spiro atoms. The fourth-order valence-electron chi connectivity index (χ4n) is 3.76. The van der Waals surface area contributed by atoms with E-state index in [0.717, 1.165) is 25.7 Å². The average Bonchev–Trinajstić information content (AvgIpc) is 2.76. The molecule has 0 radical (unpaired) electrons. The zero-order valence-electron chi connectivity index (χ0n) is 20.5. The van der Waals surface area contributed by atoms with E-state index in [1.165, 1.54) is 110 Å². The molecule has 0 aromatic rings. The van der Waals surface area contributed by atoms with Gasteiger partial charge in [-0.3, -0.25) is 4.79 Å². The molecule has 0 saturated carbocycles. The summed E-state index contributed by atoms with van der Waals surface area (Å²) >= 11 is 0. The van der Waals surface area contributed by atoms with Crippen molar-refractivity contribution in [2.45, 2.75) is 142 Å². The van der Waals surface area contributed by atoms with Gasteiger partial charge >= 0.3 is 5.97 Å². The average molecular weight is 421 g/mol. The van der Waals surface area contributed by atoms with Gasteiger partial charge in [-0.15, -0.1) is 0 Å². The van der Waals surface area contributed by atoms with Crippen LogP contribution >= 0.6 is 0 Å². The van der Waals surface area contributed by atoms with Crippen LogP contribution < -0.4 is 0 Å². The fraction of sp³-hybridized carbons (Fsp3) is 0.821. The summed E-state index contributed by atoms with van der Waals surface area (Å²) in [7, 11) is 1.45. The Labute approximate surface area is 188 Å². The minimum Gasteiger partial charge on any atom is -0.469 e. The third-order valence-corrected chi connectivity index (χ3v) is 5.79. The van der Waals surface area contributed by atoms with Crippen LogP contribution in [-0.2, 0) is 9.53 Å². The maximum Gasteiger partial charge on any atom is 0.305 e. The monoisotopic (exact) mass is 420 g/mol. The molecule has 0 aliphatic heterocycles. The first-order valence-electron chi connectivity index (χ1n) is 13.2. The molecule has 176 valence electrons. The molecule has 2 nitrogen and oxygen atoms in total. The predicted molar refractivity (Wildman–Crippen MR) is 133 cm³/mol. The number of carbonyl (C=O) groups excluding carboxylic acids is 1. The zero-order valence-corrected chi connectivity index (χ0v) is 20.5. The summed E-state index contributed by atoms with van der Waals surface area (Å²) in [6.45, 7) is 2.29. The predicted octanol–water partition coefficient (Wildman–Crippen LogP) is 9.48. The van der Waals surface area contributed by atoms with Gasteiger partial charge in [-0.25, -0.2) is 0 Å². The topological polar surface area (TPSA) is 26.3 Å². The lowest BCUT2D eigenvalue weighted by molar-refractivity contribution is -0.140. The number of rotatable bonds is 23. The SMILES string of the molecule is CCCCCCCCCCCCCCCCC/C=C\CC/C=C\CCCC(=O)OC. The van der Waals surface area contributed by atoms with Crippen molar-refractivity contribution < 1.29 is 9.53 Å². The van der Waals surface area contributed by atoms with Crippen molar-refractivity contribution in [2.75, 3.05) is 7.11 Å². The van der Waals surface area contributed by atoms with Crippen LogP contribution in [0.25, 0.3) is 0 Å². The Balaban J connectivity index is 3.15. The zero-order chi connectivity index (χ0) is 22.0. The second kappa shape index (κ2) is 26.0. The third-order valence-electron chi connectivity index (χ3n) is 5.79. The summed E-state index contributed by atoms with van der Waals surface area (Å²) in [4.78, 5) is 11.0. The highest BCUT2D eigenvalue weighted by Gasteiger charge is 1.97. The van der Waals surface area contributed by atoms with Crippen LogP contribution in [0.4, 0.5) is 0 Å². The first-order valence-corrected chi connectivity index (χ1v) is 13.2. The smallest absolute Gasteiger partial charge is 0.305 e. The molecule has 0 heterocycles. The number of carbonyl (C=O) groups is 1. The standard InChI is InChI=1S/C28H52O2/c1-3-4-5-6-7-8-9-10-11-12-13-14-15-16-17-18-19-20-21-22-23-24-25-26-27-28(29)30-2/h19-20,23-24H,3-18,21-22,25-27H2,1-2H3/b20-19-,24-23-. The highest BCUT2D eigenvalue weighted by molar-refractivity contribution is 5.69. The van der Waals surface area contributed by atoms with Crippen LogP contribution in [0.3, 0.4) is 0 Å². The van der Waals surface area contributed by atoms with Gasteiger partial charge in [0, 0.05) is 6.42 Å². The minimum absolute atomic E-state index is 0.106. The molecule has 0 fully saturated rings. The van der Waals surface area contributed by atoms with Crippen molar-refractivity contribution in [3.8, 4) is 0 Å². The summed E-state index contributed by atoms with van der Waals surface area (Å²) in [5, 5.41) is 0. The second-order valence-electron chi connectivity index (χ2n) is 8.73. The Hall–Kier alpha value is -1.05. The highest BCUT2D eigenvalue weighted by atomic mass is 16.5. The molecule has 30 heavy (non-hydrogen) atoms. The van der Waals surface area contributed by atoms with Gasteiger partial charge in [-0.1, -0.05) is 121 Å². The van der Waals surface area contributed by atoms with Gasteiger partial charge in [-0.05, 0) is 38.5 Å². The summed E-state index contributed by atoms with van der Waals surface area (Å²) in [5.41, 5.74) is 0. The maximum atomic E-state index is 11.0. The number of allylic oxidation sites excluding steroid dienone is 4. The molecule has 0 atom stereocenters. The molecule has 0 aliphatic carbocycles. The van der Waals surface area contributed by atoms with Gasteiger partial charge in [0.15, 0.2) is 0 Å². The van der Waals surface area contributed by atoms with E-state index in [0.29, 0.717) is 6.42 Å². The maximum absolute atomic E-state index is 11.0. The number of unbranched alkanes of at least 4 members (excludes halogenated alkanes) is 17. The lowest BCUT2D eigenvalue weighted by Gasteiger charge is -2.03. The Morgan fingerprint density at radius 1 is 0.533 bits per heavy atom. The lowest BCUT2D eigenvalue weighted by atomic mass is 10.0. The Morgan fingerprint density at radius 3 is 1.33 bits per heavy atom. The molecular weight excluding hydrogens is 368 g/mol. The Bertz CT molecular complexity index is 397. The molecule has 0 amide bonds. The first-order chi connectivity index (χ1) is 14.8. The van der Waals surface area contributed by atoms with E-state index in [9.17, 15) is 4.79 Å². The van der Waals surface area contributed by atoms with E-state index in [4.69, 9.17) is 0 Å². The van der Waals surface area contributed by atoms with E-state index in [2.05, 4.69) is 36.0 Å². The van der Waals surface area contributed by atoms with Gasteiger partial charge < -0.3 is 4.74 Å². The highest BCUT2D eigenvalue weighted by Crippen LogP contribution is 2.13. The van der Waals surface area contributed by atoms with Crippen molar-refractivity contribution in [3.05, 3.63) is 24.3 Å². The van der Waals surface area contributed by atoms with Gasteiger partial charge in [0.25, 0.3) is 0 Å². The molecule has 0 rings (SSSR count). The Morgan fingerprint density at radius 2 is 0.900 bits per heavy atom. The first kappa shape index (κ1) is 28.9. The number of methoxy groups -OCH3 is 1. The quantitative estimate of drug-likeness (QED) is 0.0934. The van der Waals surface area contributed by atoms with Crippen molar-refractivity contribution in [2.24, 2.45) is 0 Å². The molecular formula is C28H52O2. The van der Waals surface area contributed by atoms with E-state index in [1.807, 2.05) is 0 Å². The van der Waals surface area contributed by atoms with Gasteiger partial charge in [-0.2, -0.15) is 0 Å².